The fourth-order valence-electron chi connectivity index (χ4n) is 1.50. The molecule has 2 aliphatic rings. The number of rotatable bonds is 2. The van der Waals surface area contributed by atoms with Gasteiger partial charge in [0.2, 0.25) is 0 Å². The first-order valence-corrected chi connectivity index (χ1v) is 4.86. The molecule has 0 aromatic heterocycles. The van der Waals surface area contributed by atoms with E-state index in [0.29, 0.717) is 0 Å². The zero-order valence-corrected chi connectivity index (χ0v) is 7.69. The molecule has 2 N–H and O–H groups in total. The summed E-state index contributed by atoms with van der Waals surface area (Å²) in [5.74, 6) is 2.02. The van der Waals surface area contributed by atoms with Crippen LogP contribution < -0.4 is 10.6 Å². The van der Waals surface area contributed by atoms with Crippen molar-refractivity contribution in [2.45, 2.75) is 20.3 Å². The van der Waals surface area contributed by atoms with E-state index in [1.165, 1.54) is 32.6 Å². The van der Waals surface area contributed by atoms with Gasteiger partial charge in [0.05, 0.1) is 0 Å². The lowest BCUT2D eigenvalue weighted by atomic mass is 9.87. The molecule has 11 heavy (non-hydrogen) atoms. The number of nitrogens with one attached hydrogen (secondary N) is 2. The van der Waals surface area contributed by atoms with Gasteiger partial charge in [-0.3, -0.25) is 0 Å². The Hall–Kier alpha value is -0.0800. The van der Waals surface area contributed by atoms with Gasteiger partial charge in [0.1, 0.15) is 0 Å². The molecule has 2 saturated heterocycles. The maximum Gasteiger partial charge on any atom is -0.000814 e. The van der Waals surface area contributed by atoms with E-state index in [1.807, 2.05) is 13.8 Å². The van der Waals surface area contributed by atoms with Gasteiger partial charge in [0.15, 0.2) is 0 Å². The Morgan fingerprint density at radius 3 is 1.45 bits per heavy atom. The number of hydrogen-bond donors (Lipinski definition) is 2. The summed E-state index contributed by atoms with van der Waals surface area (Å²) in [5.41, 5.74) is 0. The molecule has 2 aliphatic heterocycles. The third-order valence-corrected chi connectivity index (χ3v) is 2.40. The molecule has 66 valence electrons. The summed E-state index contributed by atoms with van der Waals surface area (Å²) in [6, 6.07) is 0. The van der Waals surface area contributed by atoms with E-state index in [1.54, 1.807) is 0 Å². The molecule has 2 heteroatoms. The van der Waals surface area contributed by atoms with Gasteiger partial charge < -0.3 is 10.6 Å². The molecule has 0 aromatic rings. The lowest BCUT2D eigenvalue weighted by Crippen LogP contribution is -2.49. The smallest absolute Gasteiger partial charge is 0.000814 e. The van der Waals surface area contributed by atoms with Gasteiger partial charge in [0.25, 0.3) is 0 Å². The normalized spacial score (nSPS) is 24.5. The molecule has 2 rings (SSSR count). The number of hydrogen-bond acceptors (Lipinski definition) is 2. The minimum atomic E-state index is 1.01. The van der Waals surface area contributed by atoms with Crippen LogP contribution in [-0.4, -0.2) is 26.2 Å². The molecule has 0 atom stereocenters. The van der Waals surface area contributed by atoms with E-state index in [9.17, 15) is 0 Å². The molecule has 2 fully saturated rings. The average molecular weight is 156 g/mol. The van der Waals surface area contributed by atoms with Crippen molar-refractivity contribution in [2.75, 3.05) is 26.2 Å². The van der Waals surface area contributed by atoms with Crippen LogP contribution in [0.1, 0.15) is 20.3 Å². The largest absolute Gasteiger partial charge is 0.316 e. The van der Waals surface area contributed by atoms with Crippen LogP contribution in [0.2, 0.25) is 0 Å². The van der Waals surface area contributed by atoms with Crippen LogP contribution in [0.25, 0.3) is 0 Å². The van der Waals surface area contributed by atoms with Crippen LogP contribution in [0.15, 0.2) is 0 Å². The molecular formula is C9H20N2. The predicted octanol–water partition coefficient (Wildman–Crippen LogP) is 0.841. The fraction of sp³-hybridized carbons (Fsp3) is 1.00. The van der Waals surface area contributed by atoms with Crippen molar-refractivity contribution in [3.05, 3.63) is 0 Å². The van der Waals surface area contributed by atoms with Gasteiger partial charge in [-0.25, -0.2) is 0 Å². The first-order chi connectivity index (χ1) is 5.45. The van der Waals surface area contributed by atoms with Crippen molar-refractivity contribution >= 4 is 0 Å². The van der Waals surface area contributed by atoms with Crippen LogP contribution in [0.4, 0.5) is 0 Å². The van der Waals surface area contributed by atoms with Crippen molar-refractivity contribution in [1.82, 2.24) is 10.6 Å². The minimum Gasteiger partial charge on any atom is -0.316 e. The highest BCUT2D eigenvalue weighted by atomic mass is 15.0. The first-order valence-electron chi connectivity index (χ1n) is 4.86. The maximum absolute atomic E-state index is 3.29. The Kier molecular flexibility index (Phi) is 3.87. The van der Waals surface area contributed by atoms with E-state index in [-0.39, 0.29) is 0 Å². The van der Waals surface area contributed by atoms with Gasteiger partial charge in [-0.2, -0.15) is 0 Å². The summed E-state index contributed by atoms with van der Waals surface area (Å²) < 4.78 is 0. The highest BCUT2D eigenvalue weighted by Gasteiger charge is 2.24. The van der Waals surface area contributed by atoms with Crippen LogP contribution in [0.3, 0.4) is 0 Å². The Bertz CT molecular complexity index is 83.7. The Labute approximate surface area is 69.8 Å². The van der Waals surface area contributed by atoms with Crippen molar-refractivity contribution in [3.8, 4) is 0 Å². The molecular weight excluding hydrogens is 136 g/mol. The van der Waals surface area contributed by atoms with Crippen molar-refractivity contribution in [3.63, 3.8) is 0 Å². The SMILES string of the molecule is C1NCC1CC1CNC1.CC. The van der Waals surface area contributed by atoms with Crippen molar-refractivity contribution in [2.24, 2.45) is 11.8 Å². The van der Waals surface area contributed by atoms with Gasteiger partial charge in [0, 0.05) is 0 Å². The van der Waals surface area contributed by atoms with Gasteiger partial charge in [-0.05, 0) is 44.4 Å². The molecule has 0 radical (unpaired) electrons. The summed E-state index contributed by atoms with van der Waals surface area (Å²) >= 11 is 0. The molecule has 0 aliphatic carbocycles. The topological polar surface area (TPSA) is 24.1 Å². The van der Waals surface area contributed by atoms with Crippen LogP contribution in [0.5, 0.6) is 0 Å². The molecule has 0 aromatic carbocycles. The fourth-order valence-corrected chi connectivity index (χ4v) is 1.50. The zero-order chi connectivity index (χ0) is 8.10. The van der Waals surface area contributed by atoms with E-state index >= 15 is 0 Å². The summed E-state index contributed by atoms with van der Waals surface area (Å²) in [5, 5.41) is 6.59. The standard InChI is InChI=1S/C7H14N2.C2H6/c1(6-2-8-3-6)7-4-9-5-7;1-2/h6-9H,1-5H2;1-2H3. The Balaban J connectivity index is 0.000000281. The molecule has 0 unspecified atom stereocenters. The van der Waals surface area contributed by atoms with Gasteiger partial charge in [-0.1, -0.05) is 13.8 Å². The van der Waals surface area contributed by atoms with E-state index in [0.717, 1.165) is 11.8 Å². The minimum absolute atomic E-state index is 1.01. The predicted molar refractivity (Wildman–Crippen MR) is 48.7 cm³/mol. The summed E-state index contributed by atoms with van der Waals surface area (Å²) in [7, 11) is 0. The summed E-state index contributed by atoms with van der Waals surface area (Å²) in [6.07, 6.45) is 1.46. The lowest BCUT2D eigenvalue weighted by Gasteiger charge is -2.35. The van der Waals surface area contributed by atoms with Crippen molar-refractivity contribution in [1.29, 1.82) is 0 Å². The van der Waals surface area contributed by atoms with E-state index < -0.39 is 0 Å². The van der Waals surface area contributed by atoms with Crippen LogP contribution in [0, 0.1) is 11.8 Å². The molecule has 2 nitrogen and oxygen atoms in total. The van der Waals surface area contributed by atoms with E-state index in [2.05, 4.69) is 10.6 Å². The third-order valence-electron chi connectivity index (χ3n) is 2.40. The molecule has 0 amide bonds. The Morgan fingerprint density at radius 2 is 1.27 bits per heavy atom. The van der Waals surface area contributed by atoms with Crippen LogP contribution in [-0.2, 0) is 0 Å². The first kappa shape index (κ1) is 9.01. The zero-order valence-electron chi connectivity index (χ0n) is 7.69. The Morgan fingerprint density at radius 1 is 0.909 bits per heavy atom. The third kappa shape index (κ3) is 2.46. The second-order valence-corrected chi connectivity index (χ2v) is 3.28. The second kappa shape index (κ2) is 4.73. The summed E-state index contributed by atoms with van der Waals surface area (Å²) in [6.45, 7) is 9.10. The van der Waals surface area contributed by atoms with Gasteiger partial charge in [-0.15, -0.1) is 0 Å². The quantitative estimate of drug-likeness (QED) is 0.619. The molecule has 0 spiro atoms. The maximum atomic E-state index is 3.29. The average Bonchev–Trinajstić information content (AvgIpc) is 1.86. The van der Waals surface area contributed by atoms with Crippen molar-refractivity contribution < 1.29 is 0 Å². The highest BCUT2D eigenvalue weighted by molar-refractivity contribution is 4.83. The van der Waals surface area contributed by atoms with Gasteiger partial charge >= 0.3 is 0 Å². The monoisotopic (exact) mass is 156 g/mol. The highest BCUT2D eigenvalue weighted by Crippen LogP contribution is 2.18. The molecule has 2 heterocycles. The lowest BCUT2D eigenvalue weighted by molar-refractivity contribution is 0.226. The summed E-state index contributed by atoms with van der Waals surface area (Å²) in [4.78, 5) is 0. The van der Waals surface area contributed by atoms with E-state index in [4.69, 9.17) is 0 Å². The second-order valence-electron chi connectivity index (χ2n) is 3.28. The van der Waals surface area contributed by atoms with Crippen LogP contribution >= 0.6 is 0 Å². The molecule has 0 bridgehead atoms. The molecule has 0 saturated carbocycles.